The SMILES string of the molecule is CCCn1c(C)cc(C(=O)CSc2nc(C)nc3sc(C)c(C)c23)c1C. The number of carbonyl (C=O) groups excluding carboxylic acids is 1. The Hall–Kier alpha value is -1.66. The van der Waals surface area contributed by atoms with Crippen LogP contribution in [0.4, 0.5) is 0 Å². The predicted octanol–water partition coefficient (Wildman–Crippen LogP) is 5.42. The number of thiophene rings is 1. The smallest absolute Gasteiger partial charge is 0.174 e. The molecule has 0 saturated heterocycles. The summed E-state index contributed by atoms with van der Waals surface area (Å²) in [6, 6.07) is 2.02. The van der Waals surface area contributed by atoms with Crippen LogP contribution in [-0.4, -0.2) is 26.1 Å². The second kappa shape index (κ2) is 7.53. The number of thioether (sulfide) groups is 1. The fraction of sp³-hybridized carbons (Fsp3) is 0.450. The molecule has 0 aliphatic rings. The molecule has 0 saturated carbocycles. The number of aryl methyl sites for hydroxylation is 4. The Morgan fingerprint density at radius 2 is 1.92 bits per heavy atom. The van der Waals surface area contributed by atoms with Crippen molar-refractivity contribution in [2.45, 2.75) is 59.5 Å². The molecule has 0 amide bonds. The standard InChI is InChI=1S/C20H25N3OS2/c1-7-8-23-11(2)9-16(13(23)4)17(24)10-25-19-18-12(3)14(5)26-20(18)22-15(6)21-19/h9H,7-8,10H2,1-6H3. The number of fused-ring (bicyclic) bond motifs is 1. The average Bonchev–Trinajstić information content (AvgIpc) is 3.03. The lowest BCUT2D eigenvalue weighted by molar-refractivity contribution is 0.102. The molecule has 0 aliphatic heterocycles. The molecule has 26 heavy (non-hydrogen) atoms. The van der Waals surface area contributed by atoms with Crippen LogP contribution in [0, 0.1) is 34.6 Å². The van der Waals surface area contributed by atoms with Gasteiger partial charge in [0.05, 0.1) is 5.75 Å². The molecule has 4 nitrogen and oxygen atoms in total. The van der Waals surface area contributed by atoms with E-state index in [1.54, 1.807) is 11.3 Å². The van der Waals surface area contributed by atoms with Crippen molar-refractivity contribution >= 4 is 39.1 Å². The summed E-state index contributed by atoms with van der Waals surface area (Å²) in [6.07, 6.45) is 1.06. The fourth-order valence-corrected chi connectivity index (χ4v) is 5.44. The van der Waals surface area contributed by atoms with Gasteiger partial charge in [0.1, 0.15) is 15.7 Å². The van der Waals surface area contributed by atoms with Crippen LogP contribution < -0.4 is 0 Å². The molecule has 3 aromatic heterocycles. The highest BCUT2D eigenvalue weighted by atomic mass is 32.2. The van der Waals surface area contributed by atoms with Crippen molar-refractivity contribution in [3.05, 3.63) is 39.3 Å². The summed E-state index contributed by atoms with van der Waals surface area (Å²) in [5, 5.41) is 2.03. The van der Waals surface area contributed by atoms with E-state index in [9.17, 15) is 4.79 Å². The van der Waals surface area contributed by atoms with E-state index in [0.717, 1.165) is 51.0 Å². The van der Waals surface area contributed by atoms with Gasteiger partial charge in [-0.3, -0.25) is 4.79 Å². The van der Waals surface area contributed by atoms with Gasteiger partial charge in [-0.2, -0.15) is 0 Å². The second-order valence-electron chi connectivity index (χ2n) is 6.69. The molecule has 0 radical (unpaired) electrons. The summed E-state index contributed by atoms with van der Waals surface area (Å²) < 4.78 is 2.23. The van der Waals surface area contributed by atoms with Gasteiger partial charge in [-0.25, -0.2) is 9.97 Å². The molecule has 6 heteroatoms. The topological polar surface area (TPSA) is 47.8 Å². The lowest BCUT2D eigenvalue weighted by Gasteiger charge is -2.08. The number of nitrogens with zero attached hydrogens (tertiary/aromatic N) is 3. The molecule has 0 aromatic carbocycles. The lowest BCUT2D eigenvalue weighted by Crippen LogP contribution is -2.07. The third-order valence-electron chi connectivity index (χ3n) is 4.77. The minimum absolute atomic E-state index is 0.166. The van der Waals surface area contributed by atoms with Crippen LogP contribution in [0.5, 0.6) is 0 Å². The number of aromatic nitrogens is 3. The van der Waals surface area contributed by atoms with Crippen LogP contribution in [0.15, 0.2) is 11.1 Å². The van der Waals surface area contributed by atoms with Crippen LogP contribution >= 0.6 is 23.1 Å². The molecular formula is C20H25N3OS2. The van der Waals surface area contributed by atoms with Gasteiger partial charge in [0.15, 0.2) is 5.78 Å². The number of hydrogen-bond acceptors (Lipinski definition) is 5. The zero-order chi connectivity index (χ0) is 19.0. The molecule has 0 unspecified atom stereocenters. The number of hydrogen-bond donors (Lipinski definition) is 0. The van der Waals surface area contributed by atoms with Crippen LogP contribution in [0.1, 0.15) is 51.4 Å². The average molecular weight is 388 g/mol. The van der Waals surface area contributed by atoms with Gasteiger partial charge in [-0.05, 0) is 52.7 Å². The summed E-state index contributed by atoms with van der Waals surface area (Å²) in [5.74, 6) is 1.32. The van der Waals surface area contributed by atoms with E-state index in [1.165, 1.54) is 22.2 Å². The first-order valence-electron chi connectivity index (χ1n) is 8.90. The fourth-order valence-electron chi connectivity index (χ4n) is 3.28. The molecule has 0 atom stereocenters. The van der Waals surface area contributed by atoms with Gasteiger partial charge in [0.2, 0.25) is 0 Å². The third kappa shape index (κ3) is 3.45. The minimum Gasteiger partial charge on any atom is -0.348 e. The molecule has 0 aliphatic carbocycles. The lowest BCUT2D eigenvalue weighted by atomic mass is 10.2. The van der Waals surface area contributed by atoms with E-state index < -0.39 is 0 Å². The van der Waals surface area contributed by atoms with Crippen molar-refractivity contribution in [3.8, 4) is 0 Å². The Morgan fingerprint density at radius 3 is 2.62 bits per heavy atom. The van der Waals surface area contributed by atoms with E-state index in [4.69, 9.17) is 0 Å². The number of ketones is 1. The summed E-state index contributed by atoms with van der Waals surface area (Å²) in [7, 11) is 0. The van der Waals surface area contributed by atoms with Crippen molar-refractivity contribution < 1.29 is 4.79 Å². The first-order valence-corrected chi connectivity index (χ1v) is 10.7. The van der Waals surface area contributed by atoms with Gasteiger partial charge < -0.3 is 4.57 Å². The zero-order valence-corrected chi connectivity index (χ0v) is 17.9. The van der Waals surface area contributed by atoms with Gasteiger partial charge in [0.25, 0.3) is 0 Å². The summed E-state index contributed by atoms with van der Waals surface area (Å²) >= 11 is 3.23. The first-order chi connectivity index (χ1) is 12.3. The van der Waals surface area contributed by atoms with Gasteiger partial charge in [-0.1, -0.05) is 18.7 Å². The number of rotatable bonds is 6. The van der Waals surface area contributed by atoms with E-state index in [1.807, 2.05) is 19.9 Å². The molecule has 138 valence electrons. The Morgan fingerprint density at radius 1 is 1.19 bits per heavy atom. The Bertz CT molecular complexity index is 985. The second-order valence-corrected chi connectivity index (χ2v) is 8.85. The number of carbonyl (C=O) groups is 1. The monoisotopic (exact) mass is 387 g/mol. The molecule has 3 heterocycles. The molecule has 0 fully saturated rings. The van der Waals surface area contributed by atoms with Gasteiger partial charge >= 0.3 is 0 Å². The quantitative estimate of drug-likeness (QED) is 0.322. The van der Waals surface area contributed by atoms with E-state index >= 15 is 0 Å². The molecule has 0 N–H and O–H groups in total. The van der Waals surface area contributed by atoms with Crippen molar-refractivity contribution in [1.29, 1.82) is 0 Å². The maximum absolute atomic E-state index is 12.8. The largest absolute Gasteiger partial charge is 0.348 e. The molecule has 3 aromatic rings. The zero-order valence-electron chi connectivity index (χ0n) is 16.3. The van der Waals surface area contributed by atoms with Crippen molar-refractivity contribution in [1.82, 2.24) is 14.5 Å². The Balaban J connectivity index is 1.87. The highest BCUT2D eigenvalue weighted by molar-refractivity contribution is 8.00. The maximum atomic E-state index is 12.8. The van der Waals surface area contributed by atoms with E-state index in [2.05, 4.69) is 42.2 Å². The normalized spacial score (nSPS) is 11.5. The summed E-state index contributed by atoms with van der Waals surface area (Å²) in [4.78, 5) is 24.3. The van der Waals surface area contributed by atoms with E-state index in [-0.39, 0.29) is 5.78 Å². The molecule has 0 bridgehead atoms. The minimum atomic E-state index is 0.166. The Kier molecular flexibility index (Phi) is 5.53. The molecular weight excluding hydrogens is 362 g/mol. The first kappa shape index (κ1) is 19.1. The van der Waals surface area contributed by atoms with Crippen molar-refractivity contribution in [2.24, 2.45) is 0 Å². The Labute approximate surface area is 163 Å². The maximum Gasteiger partial charge on any atom is 0.174 e. The van der Waals surface area contributed by atoms with Crippen LogP contribution in [0.2, 0.25) is 0 Å². The highest BCUT2D eigenvalue weighted by Crippen LogP contribution is 2.35. The number of Topliss-reactive ketones (excluding diaryl/α,β-unsaturated/α-hetero) is 1. The third-order valence-corrected chi connectivity index (χ3v) is 6.85. The molecule has 3 rings (SSSR count). The summed E-state index contributed by atoms with van der Waals surface area (Å²) in [5.41, 5.74) is 4.29. The van der Waals surface area contributed by atoms with Crippen LogP contribution in [0.25, 0.3) is 10.2 Å². The summed E-state index contributed by atoms with van der Waals surface area (Å²) in [6.45, 7) is 13.4. The van der Waals surface area contributed by atoms with Gasteiger partial charge in [-0.15, -0.1) is 11.3 Å². The van der Waals surface area contributed by atoms with Crippen LogP contribution in [0.3, 0.4) is 0 Å². The van der Waals surface area contributed by atoms with Gasteiger partial charge in [0, 0.05) is 33.8 Å². The highest BCUT2D eigenvalue weighted by Gasteiger charge is 2.18. The van der Waals surface area contributed by atoms with Crippen molar-refractivity contribution in [2.75, 3.05) is 5.75 Å². The van der Waals surface area contributed by atoms with Crippen LogP contribution in [-0.2, 0) is 6.54 Å². The molecule has 0 spiro atoms. The van der Waals surface area contributed by atoms with Crippen molar-refractivity contribution in [3.63, 3.8) is 0 Å². The predicted molar refractivity (Wildman–Crippen MR) is 111 cm³/mol. The van der Waals surface area contributed by atoms with E-state index in [0.29, 0.717) is 5.75 Å².